The van der Waals surface area contributed by atoms with Gasteiger partial charge in [0.1, 0.15) is 0 Å². The van der Waals surface area contributed by atoms with Gasteiger partial charge < -0.3 is 10.3 Å². The second kappa shape index (κ2) is 5.76. The second-order valence-electron chi connectivity index (χ2n) is 5.07. The van der Waals surface area contributed by atoms with Gasteiger partial charge in [0.25, 0.3) is 0 Å². The minimum atomic E-state index is 0.231. The molecule has 0 saturated heterocycles. The molecule has 3 nitrogen and oxygen atoms in total. The topological polar surface area (TPSA) is 40.7 Å². The number of hydrogen-bond acceptors (Lipinski definition) is 3. The number of rotatable bonds is 6. The van der Waals surface area contributed by atoms with E-state index in [9.17, 15) is 0 Å². The Bertz CT molecular complexity index is 471. The van der Waals surface area contributed by atoms with Gasteiger partial charge in [-0.05, 0) is 32.4 Å². The molecular formula is C14H21N3S. The lowest BCUT2D eigenvalue weighted by atomic mass is 10.0. The minimum Gasteiger partial charge on any atom is -0.333 e. The molecule has 2 N–H and O–H groups in total. The lowest BCUT2D eigenvalue weighted by Gasteiger charge is -2.24. The Morgan fingerprint density at radius 1 is 1.33 bits per heavy atom. The first-order chi connectivity index (χ1) is 8.61. The predicted octanol–water partition coefficient (Wildman–Crippen LogP) is 3.43. The first kappa shape index (κ1) is 13.4. The third-order valence-corrected chi connectivity index (χ3v) is 4.07. The predicted molar refractivity (Wildman–Crippen MR) is 79.2 cm³/mol. The molecule has 0 unspecified atom stereocenters. The Labute approximate surface area is 113 Å². The molecule has 98 valence electrons. The van der Waals surface area contributed by atoms with Crippen LogP contribution in [-0.2, 0) is 0 Å². The number of aromatic nitrogens is 2. The molecule has 0 bridgehead atoms. The minimum absolute atomic E-state index is 0.231. The maximum absolute atomic E-state index is 4.55. The highest BCUT2D eigenvalue weighted by molar-refractivity contribution is 7.99. The van der Waals surface area contributed by atoms with Crippen molar-refractivity contribution in [1.29, 1.82) is 0 Å². The number of hydrogen-bond donors (Lipinski definition) is 2. The molecule has 4 heteroatoms. The van der Waals surface area contributed by atoms with Crippen LogP contribution in [0.15, 0.2) is 29.4 Å². The summed E-state index contributed by atoms with van der Waals surface area (Å²) in [5, 5.41) is 4.56. The number of benzene rings is 1. The monoisotopic (exact) mass is 263 g/mol. The largest absolute Gasteiger partial charge is 0.333 e. The first-order valence-corrected chi connectivity index (χ1v) is 7.42. The van der Waals surface area contributed by atoms with E-state index in [4.69, 9.17) is 0 Å². The SMILES string of the molecule is CCC(C)(C)NCCSc1nc2ccccc2[nH]1. The number of nitrogens with zero attached hydrogens (tertiary/aromatic N) is 1. The molecule has 18 heavy (non-hydrogen) atoms. The van der Waals surface area contributed by atoms with E-state index in [1.807, 2.05) is 18.2 Å². The van der Waals surface area contributed by atoms with Crippen molar-refractivity contribution in [2.24, 2.45) is 0 Å². The van der Waals surface area contributed by atoms with Gasteiger partial charge >= 0.3 is 0 Å². The number of para-hydroxylation sites is 2. The molecule has 0 saturated carbocycles. The van der Waals surface area contributed by atoms with E-state index in [2.05, 4.69) is 42.1 Å². The van der Waals surface area contributed by atoms with E-state index in [1.165, 1.54) is 0 Å². The third kappa shape index (κ3) is 3.50. The number of fused-ring (bicyclic) bond motifs is 1. The Morgan fingerprint density at radius 3 is 2.83 bits per heavy atom. The lowest BCUT2D eigenvalue weighted by Crippen LogP contribution is -2.39. The van der Waals surface area contributed by atoms with Crippen molar-refractivity contribution in [3.8, 4) is 0 Å². The summed E-state index contributed by atoms with van der Waals surface area (Å²) >= 11 is 1.77. The molecule has 0 radical (unpaired) electrons. The van der Waals surface area contributed by atoms with Gasteiger partial charge in [0.15, 0.2) is 5.16 Å². The summed E-state index contributed by atoms with van der Waals surface area (Å²) in [6.07, 6.45) is 1.14. The quantitative estimate of drug-likeness (QED) is 0.619. The zero-order chi connectivity index (χ0) is 13.0. The number of aromatic amines is 1. The van der Waals surface area contributed by atoms with Crippen molar-refractivity contribution in [3.05, 3.63) is 24.3 Å². The molecule has 1 aromatic heterocycles. The summed E-state index contributed by atoms with van der Waals surface area (Å²) in [4.78, 5) is 7.88. The fourth-order valence-corrected chi connectivity index (χ4v) is 2.40. The molecule has 0 fully saturated rings. The lowest BCUT2D eigenvalue weighted by molar-refractivity contribution is 0.388. The van der Waals surface area contributed by atoms with E-state index in [-0.39, 0.29) is 5.54 Å². The van der Waals surface area contributed by atoms with Crippen LogP contribution in [0.4, 0.5) is 0 Å². The van der Waals surface area contributed by atoms with Crippen LogP contribution in [-0.4, -0.2) is 27.8 Å². The van der Waals surface area contributed by atoms with Crippen LogP contribution in [0.2, 0.25) is 0 Å². The Morgan fingerprint density at radius 2 is 2.11 bits per heavy atom. The van der Waals surface area contributed by atoms with Gasteiger partial charge in [0.05, 0.1) is 11.0 Å². The van der Waals surface area contributed by atoms with Gasteiger partial charge in [-0.1, -0.05) is 30.8 Å². The molecule has 0 amide bonds. The number of thioether (sulfide) groups is 1. The van der Waals surface area contributed by atoms with E-state index in [0.29, 0.717) is 0 Å². The molecular weight excluding hydrogens is 242 g/mol. The standard InChI is InChI=1S/C14H21N3S/c1-4-14(2,3)15-9-10-18-13-16-11-7-5-6-8-12(11)17-13/h5-8,15H,4,9-10H2,1-3H3,(H,16,17). The first-order valence-electron chi connectivity index (χ1n) is 6.43. The van der Waals surface area contributed by atoms with Crippen LogP contribution >= 0.6 is 11.8 Å². The molecule has 0 aliphatic heterocycles. The van der Waals surface area contributed by atoms with Gasteiger partial charge in [0, 0.05) is 17.8 Å². The van der Waals surface area contributed by atoms with Crippen molar-refractivity contribution in [1.82, 2.24) is 15.3 Å². The normalized spacial score (nSPS) is 12.2. The van der Waals surface area contributed by atoms with E-state index in [1.54, 1.807) is 11.8 Å². The van der Waals surface area contributed by atoms with E-state index < -0.39 is 0 Å². The molecule has 0 atom stereocenters. The maximum atomic E-state index is 4.55. The highest BCUT2D eigenvalue weighted by atomic mass is 32.2. The van der Waals surface area contributed by atoms with E-state index in [0.717, 1.165) is 34.9 Å². The average Bonchev–Trinajstić information content (AvgIpc) is 2.77. The molecule has 1 heterocycles. The van der Waals surface area contributed by atoms with Gasteiger partial charge in [-0.25, -0.2) is 4.98 Å². The highest BCUT2D eigenvalue weighted by Gasteiger charge is 2.12. The van der Waals surface area contributed by atoms with Crippen LogP contribution in [0, 0.1) is 0 Å². The van der Waals surface area contributed by atoms with Crippen molar-refractivity contribution >= 4 is 22.8 Å². The third-order valence-electron chi connectivity index (χ3n) is 3.20. The van der Waals surface area contributed by atoms with Gasteiger partial charge in [-0.3, -0.25) is 0 Å². The summed E-state index contributed by atoms with van der Waals surface area (Å²) in [6.45, 7) is 7.68. The van der Waals surface area contributed by atoms with Gasteiger partial charge in [-0.15, -0.1) is 0 Å². The number of nitrogens with one attached hydrogen (secondary N) is 2. The fourth-order valence-electron chi connectivity index (χ4n) is 1.66. The molecule has 0 aliphatic rings. The molecule has 2 aromatic rings. The van der Waals surface area contributed by atoms with E-state index >= 15 is 0 Å². The molecule has 0 aliphatic carbocycles. The smallest absolute Gasteiger partial charge is 0.166 e. The Hall–Kier alpha value is -1.00. The summed E-state index contributed by atoms with van der Waals surface area (Å²) in [7, 11) is 0. The molecule has 1 aromatic carbocycles. The van der Waals surface area contributed by atoms with Crippen LogP contribution in [0.25, 0.3) is 11.0 Å². The van der Waals surface area contributed by atoms with Crippen molar-refractivity contribution < 1.29 is 0 Å². The van der Waals surface area contributed by atoms with Gasteiger partial charge in [-0.2, -0.15) is 0 Å². The second-order valence-corrected chi connectivity index (χ2v) is 6.16. The highest BCUT2D eigenvalue weighted by Crippen LogP contribution is 2.18. The Kier molecular flexibility index (Phi) is 4.30. The molecule has 2 rings (SSSR count). The van der Waals surface area contributed by atoms with Gasteiger partial charge in [0.2, 0.25) is 0 Å². The van der Waals surface area contributed by atoms with Crippen molar-refractivity contribution in [2.75, 3.05) is 12.3 Å². The summed E-state index contributed by atoms with van der Waals surface area (Å²) < 4.78 is 0. The average molecular weight is 263 g/mol. The summed E-state index contributed by atoms with van der Waals surface area (Å²) in [5.74, 6) is 1.03. The van der Waals surface area contributed by atoms with Crippen LogP contribution in [0.1, 0.15) is 27.2 Å². The summed E-state index contributed by atoms with van der Waals surface area (Å²) in [6, 6.07) is 8.14. The van der Waals surface area contributed by atoms with Crippen LogP contribution in [0.3, 0.4) is 0 Å². The zero-order valence-electron chi connectivity index (χ0n) is 11.3. The van der Waals surface area contributed by atoms with Crippen LogP contribution < -0.4 is 5.32 Å². The van der Waals surface area contributed by atoms with Crippen molar-refractivity contribution in [2.45, 2.75) is 37.9 Å². The Balaban J connectivity index is 1.83. The maximum Gasteiger partial charge on any atom is 0.166 e. The number of H-pyrrole nitrogens is 1. The van der Waals surface area contributed by atoms with Crippen LogP contribution in [0.5, 0.6) is 0 Å². The van der Waals surface area contributed by atoms with Crippen molar-refractivity contribution in [3.63, 3.8) is 0 Å². The fraction of sp³-hybridized carbons (Fsp3) is 0.500. The number of imidazole rings is 1. The molecule has 0 spiro atoms. The summed E-state index contributed by atoms with van der Waals surface area (Å²) in [5.41, 5.74) is 2.39. The zero-order valence-corrected chi connectivity index (χ0v) is 12.1.